The Labute approximate surface area is 87.2 Å². The molecule has 1 N–H and O–H groups in total. The van der Waals surface area contributed by atoms with Crippen LogP contribution < -0.4 is 5.32 Å². The van der Waals surface area contributed by atoms with Crippen LogP contribution in [0.15, 0.2) is 0 Å². The molecule has 1 aliphatic rings. The molecule has 0 aromatic carbocycles. The Morgan fingerprint density at radius 3 is 2.79 bits per heavy atom. The molecule has 0 aliphatic heterocycles. The van der Waals surface area contributed by atoms with Crippen LogP contribution >= 0.6 is 0 Å². The van der Waals surface area contributed by atoms with Gasteiger partial charge in [-0.25, -0.2) is 0 Å². The van der Waals surface area contributed by atoms with Crippen molar-refractivity contribution >= 4 is 0 Å². The maximum absolute atomic E-state index is 5.44. The van der Waals surface area contributed by atoms with Gasteiger partial charge in [0, 0.05) is 32.9 Å². The summed E-state index contributed by atoms with van der Waals surface area (Å²) in [4.78, 5) is 0. The lowest BCUT2D eigenvalue weighted by molar-refractivity contribution is 0.0796. The quantitative estimate of drug-likeness (QED) is 0.707. The molecule has 3 heteroatoms. The fourth-order valence-electron chi connectivity index (χ4n) is 2.14. The summed E-state index contributed by atoms with van der Waals surface area (Å²) in [6.07, 6.45) is 5.22. The highest BCUT2D eigenvalue weighted by Gasteiger charge is 2.27. The van der Waals surface area contributed by atoms with Gasteiger partial charge in [0.2, 0.25) is 0 Å². The highest BCUT2D eigenvalue weighted by molar-refractivity contribution is 4.85. The van der Waals surface area contributed by atoms with Crippen LogP contribution in [0.3, 0.4) is 0 Å². The van der Waals surface area contributed by atoms with Crippen molar-refractivity contribution in [2.75, 3.05) is 20.8 Å². The molecule has 1 saturated carbocycles. The van der Waals surface area contributed by atoms with Gasteiger partial charge in [-0.2, -0.15) is 0 Å². The monoisotopic (exact) mass is 201 g/mol. The van der Waals surface area contributed by atoms with Crippen molar-refractivity contribution in [3.05, 3.63) is 0 Å². The average molecular weight is 201 g/mol. The molecule has 0 aromatic rings. The Morgan fingerprint density at radius 1 is 1.36 bits per heavy atom. The van der Waals surface area contributed by atoms with Crippen molar-refractivity contribution in [2.45, 2.75) is 50.8 Å². The summed E-state index contributed by atoms with van der Waals surface area (Å²) in [6.45, 7) is 3.04. The van der Waals surface area contributed by atoms with Gasteiger partial charge in [0.25, 0.3) is 0 Å². The molecule has 0 aromatic heterocycles. The summed E-state index contributed by atoms with van der Waals surface area (Å²) in [5, 5.41) is 3.61. The summed E-state index contributed by atoms with van der Waals surface area (Å²) in [6, 6.07) is 1.07. The zero-order valence-electron chi connectivity index (χ0n) is 9.58. The van der Waals surface area contributed by atoms with Crippen molar-refractivity contribution in [3.63, 3.8) is 0 Å². The van der Waals surface area contributed by atoms with Gasteiger partial charge in [0.15, 0.2) is 0 Å². The van der Waals surface area contributed by atoms with E-state index in [0.717, 1.165) is 13.0 Å². The summed E-state index contributed by atoms with van der Waals surface area (Å²) >= 11 is 0. The second-order valence-corrected chi connectivity index (χ2v) is 4.16. The van der Waals surface area contributed by atoms with Crippen LogP contribution in [0.4, 0.5) is 0 Å². The minimum atomic E-state index is 0.417. The van der Waals surface area contributed by atoms with E-state index < -0.39 is 0 Å². The molecule has 3 nitrogen and oxygen atoms in total. The molecule has 0 amide bonds. The third kappa shape index (κ3) is 3.56. The van der Waals surface area contributed by atoms with Gasteiger partial charge < -0.3 is 14.8 Å². The zero-order valence-corrected chi connectivity index (χ0v) is 9.58. The molecule has 0 heterocycles. The first-order valence-electron chi connectivity index (χ1n) is 5.55. The van der Waals surface area contributed by atoms with E-state index in [0.29, 0.717) is 18.2 Å². The number of ether oxygens (including phenoxy) is 2. The van der Waals surface area contributed by atoms with E-state index in [2.05, 4.69) is 12.2 Å². The van der Waals surface area contributed by atoms with Crippen molar-refractivity contribution < 1.29 is 9.47 Å². The summed E-state index contributed by atoms with van der Waals surface area (Å²) < 4.78 is 10.5. The molecular weight excluding hydrogens is 178 g/mol. The Morgan fingerprint density at radius 2 is 2.14 bits per heavy atom. The Bertz CT molecular complexity index is 152. The molecular formula is C11H23NO2. The minimum Gasteiger partial charge on any atom is -0.385 e. The molecule has 84 valence electrons. The average Bonchev–Trinajstić information content (AvgIpc) is 2.62. The zero-order chi connectivity index (χ0) is 10.4. The number of rotatable bonds is 6. The van der Waals surface area contributed by atoms with Gasteiger partial charge >= 0.3 is 0 Å². The van der Waals surface area contributed by atoms with E-state index in [4.69, 9.17) is 9.47 Å². The fraction of sp³-hybridized carbons (Fsp3) is 1.00. The van der Waals surface area contributed by atoms with Crippen molar-refractivity contribution in [3.8, 4) is 0 Å². The summed E-state index contributed by atoms with van der Waals surface area (Å²) in [5.41, 5.74) is 0. The smallest absolute Gasteiger partial charge is 0.0724 e. The molecule has 3 atom stereocenters. The van der Waals surface area contributed by atoms with Crippen LogP contribution in [0.1, 0.15) is 32.6 Å². The second kappa shape index (κ2) is 6.38. The van der Waals surface area contributed by atoms with Gasteiger partial charge in [-0.3, -0.25) is 0 Å². The SMILES string of the molecule is COCCC(C)NC1CCCC1OC. The Balaban J connectivity index is 2.21. The molecule has 0 radical (unpaired) electrons. The van der Waals surface area contributed by atoms with Crippen LogP contribution in [-0.2, 0) is 9.47 Å². The van der Waals surface area contributed by atoms with E-state index in [9.17, 15) is 0 Å². The lowest BCUT2D eigenvalue weighted by Crippen LogP contribution is -2.42. The number of methoxy groups -OCH3 is 2. The van der Waals surface area contributed by atoms with Crippen LogP contribution in [0.5, 0.6) is 0 Å². The first-order chi connectivity index (χ1) is 6.77. The molecule has 0 bridgehead atoms. The lowest BCUT2D eigenvalue weighted by atomic mass is 10.1. The maximum atomic E-state index is 5.44. The van der Waals surface area contributed by atoms with E-state index in [1.807, 2.05) is 7.11 Å². The minimum absolute atomic E-state index is 0.417. The molecule has 14 heavy (non-hydrogen) atoms. The van der Waals surface area contributed by atoms with Crippen molar-refractivity contribution in [2.24, 2.45) is 0 Å². The van der Waals surface area contributed by atoms with Crippen LogP contribution in [-0.4, -0.2) is 39.0 Å². The summed E-state index contributed by atoms with van der Waals surface area (Å²) in [7, 11) is 3.56. The lowest BCUT2D eigenvalue weighted by Gasteiger charge is -2.23. The highest BCUT2D eigenvalue weighted by atomic mass is 16.5. The molecule has 0 saturated heterocycles. The van der Waals surface area contributed by atoms with Gasteiger partial charge in [0.05, 0.1) is 6.10 Å². The number of nitrogens with one attached hydrogen (secondary N) is 1. The number of hydrogen-bond acceptors (Lipinski definition) is 3. The molecule has 0 spiro atoms. The third-order valence-electron chi connectivity index (χ3n) is 3.01. The molecule has 1 fully saturated rings. The number of hydrogen-bond donors (Lipinski definition) is 1. The maximum Gasteiger partial charge on any atom is 0.0724 e. The third-order valence-corrected chi connectivity index (χ3v) is 3.01. The van der Waals surface area contributed by atoms with Gasteiger partial charge in [0.1, 0.15) is 0 Å². The van der Waals surface area contributed by atoms with Gasteiger partial charge in [-0.1, -0.05) is 0 Å². The van der Waals surface area contributed by atoms with Crippen LogP contribution in [0.25, 0.3) is 0 Å². The molecule has 1 rings (SSSR count). The van der Waals surface area contributed by atoms with E-state index in [1.165, 1.54) is 19.3 Å². The van der Waals surface area contributed by atoms with E-state index >= 15 is 0 Å². The topological polar surface area (TPSA) is 30.5 Å². The largest absolute Gasteiger partial charge is 0.385 e. The first-order valence-corrected chi connectivity index (χ1v) is 5.55. The molecule has 1 aliphatic carbocycles. The predicted molar refractivity (Wildman–Crippen MR) is 57.5 cm³/mol. The highest BCUT2D eigenvalue weighted by Crippen LogP contribution is 2.22. The van der Waals surface area contributed by atoms with Crippen molar-refractivity contribution in [1.82, 2.24) is 5.32 Å². The van der Waals surface area contributed by atoms with Crippen molar-refractivity contribution in [1.29, 1.82) is 0 Å². The van der Waals surface area contributed by atoms with E-state index in [1.54, 1.807) is 7.11 Å². The first kappa shape index (κ1) is 12.0. The van der Waals surface area contributed by atoms with E-state index in [-0.39, 0.29) is 0 Å². The van der Waals surface area contributed by atoms with Crippen LogP contribution in [0, 0.1) is 0 Å². The Hall–Kier alpha value is -0.120. The predicted octanol–water partition coefficient (Wildman–Crippen LogP) is 1.57. The molecule has 3 unspecified atom stereocenters. The van der Waals surface area contributed by atoms with Crippen LogP contribution in [0.2, 0.25) is 0 Å². The van der Waals surface area contributed by atoms with Gasteiger partial charge in [-0.05, 0) is 32.6 Å². The Kier molecular flexibility index (Phi) is 5.45. The normalized spacial score (nSPS) is 29.4. The van der Waals surface area contributed by atoms with Gasteiger partial charge in [-0.15, -0.1) is 0 Å². The second-order valence-electron chi connectivity index (χ2n) is 4.16. The fourth-order valence-corrected chi connectivity index (χ4v) is 2.14. The summed E-state index contributed by atoms with van der Waals surface area (Å²) in [5.74, 6) is 0. The standard InChI is InChI=1S/C11H23NO2/c1-9(7-8-13-2)12-10-5-4-6-11(10)14-3/h9-12H,4-8H2,1-3H3.